The largest absolute Gasteiger partial charge is 0.454 e. The van der Waals surface area contributed by atoms with Crippen molar-refractivity contribution in [3.05, 3.63) is 38.8 Å². The molecule has 0 fully saturated rings. The van der Waals surface area contributed by atoms with Crippen molar-refractivity contribution in [2.75, 3.05) is 13.7 Å². The molecule has 0 aliphatic heterocycles. The lowest BCUT2D eigenvalue weighted by molar-refractivity contribution is -0.152. The molecule has 0 saturated carbocycles. The monoisotopic (exact) mass is 355 g/mol. The summed E-state index contributed by atoms with van der Waals surface area (Å²) in [5.74, 6) is -0.756. The highest BCUT2D eigenvalue weighted by molar-refractivity contribution is 7.16. The fourth-order valence-corrected chi connectivity index (χ4v) is 3.16. The van der Waals surface area contributed by atoms with Crippen LogP contribution in [0.1, 0.15) is 16.3 Å². The molecule has 1 amide bonds. The molecular formula is C15H18ClN3O3S. The molecule has 8 heteroatoms. The van der Waals surface area contributed by atoms with E-state index in [0.717, 1.165) is 16.3 Å². The van der Waals surface area contributed by atoms with Crippen molar-refractivity contribution in [1.82, 2.24) is 14.7 Å². The average molecular weight is 356 g/mol. The summed E-state index contributed by atoms with van der Waals surface area (Å²) in [5, 5.41) is 4.18. The van der Waals surface area contributed by atoms with Gasteiger partial charge in [0, 0.05) is 17.6 Å². The molecule has 0 aliphatic carbocycles. The van der Waals surface area contributed by atoms with Crippen LogP contribution in [0, 0.1) is 13.8 Å². The molecule has 0 radical (unpaired) electrons. The van der Waals surface area contributed by atoms with Gasteiger partial charge in [0.1, 0.15) is 6.54 Å². The van der Waals surface area contributed by atoms with Gasteiger partial charge in [-0.15, -0.1) is 11.3 Å². The molecule has 0 saturated heterocycles. The lowest BCUT2D eigenvalue weighted by Crippen LogP contribution is -2.31. The van der Waals surface area contributed by atoms with Crippen LogP contribution in [0.25, 0.3) is 0 Å². The molecule has 0 N–H and O–H groups in total. The van der Waals surface area contributed by atoms with Crippen LogP contribution in [0.5, 0.6) is 0 Å². The van der Waals surface area contributed by atoms with E-state index in [1.807, 2.05) is 26.0 Å². The summed E-state index contributed by atoms with van der Waals surface area (Å²) in [7, 11) is 1.66. The minimum atomic E-state index is -0.489. The molecule has 0 spiro atoms. The second-order valence-corrected chi connectivity index (χ2v) is 7.00. The number of rotatable bonds is 6. The molecule has 2 heterocycles. The normalized spacial score (nSPS) is 10.6. The number of hydrogen-bond acceptors (Lipinski definition) is 5. The van der Waals surface area contributed by atoms with Crippen LogP contribution < -0.4 is 0 Å². The molecule has 2 aromatic rings. The first-order valence-corrected chi connectivity index (χ1v) is 8.19. The number of carbonyl (C=O) groups is 2. The maximum Gasteiger partial charge on any atom is 0.328 e. The van der Waals surface area contributed by atoms with Crippen molar-refractivity contribution in [1.29, 1.82) is 0 Å². The van der Waals surface area contributed by atoms with Crippen molar-refractivity contribution in [3.8, 4) is 0 Å². The Morgan fingerprint density at radius 3 is 2.70 bits per heavy atom. The Morgan fingerprint density at radius 2 is 2.13 bits per heavy atom. The molecule has 23 heavy (non-hydrogen) atoms. The quantitative estimate of drug-likeness (QED) is 0.746. The Labute approximate surface area is 143 Å². The summed E-state index contributed by atoms with van der Waals surface area (Å²) in [4.78, 5) is 26.2. The van der Waals surface area contributed by atoms with E-state index in [0.29, 0.717) is 10.9 Å². The number of carbonyl (C=O) groups excluding carboxylic acids is 2. The lowest BCUT2D eigenvalue weighted by Gasteiger charge is -2.16. The number of amides is 1. The van der Waals surface area contributed by atoms with Crippen molar-refractivity contribution < 1.29 is 14.3 Å². The van der Waals surface area contributed by atoms with E-state index in [2.05, 4.69) is 5.10 Å². The van der Waals surface area contributed by atoms with Gasteiger partial charge in [0.15, 0.2) is 6.61 Å². The van der Waals surface area contributed by atoms with E-state index in [4.69, 9.17) is 16.3 Å². The van der Waals surface area contributed by atoms with Crippen LogP contribution in [0.3, 0.4) is 0 Å². The highest BCUT2D eigenvalue weighted by Crippen LogP contribution is 2.22. The zero-order valence-corrected chi connectivity index (χ0v) is 14.8. The van der Waals surface area contributed by atoms with E-state index >= 15 is 0 Å². The van der Waals surface area contributed by atoms with Gasteiger partial charge in [0.2, 0.25) is 0 Å². The standard InChI is InChI=1S/C15H18ClN3O3S/c1-10-6-11(2)19(17-10)8-15(21)22-9-14(20)18(3)7-12-4-5-13(16)23-12/h4-6H,7-9H2,1-3H3. The minimum Gasteiger partial charge on any atom is -0.454 e. The summed E-state index contributed by atoms with van der Waals surface area (Å²) in [6.45, 7) is 3.86. The number of esters is 1. The summed E-state index contributed by atoms with van der Waals surface area (Å²) < 4.78 is 7.26. The Morgan fingerprint density at radius 1 is 1.39 bits per heavy atom. The molecule has 0 bridgehead atoms. The highest BCUT2D eigenvalue weighted by atomic mass is 35.5. The number of thiophene rings is 1. The molecule has 124 valence electrons. The molecule has 0 aliphatic rings. The van der Waals surface area contributed by atoms with Crippen LogP contribution in [-0.4, -0.2) is 40.2 Å². The van der Waals surface area contributed by atoms with Crippen LogP contribution >= 0.6 is 22.9 Å². The van der Waals surface area contributed by atoms with Crippen molar-refractivity contribution in [3.63, 3.8) is 0 Å². The molecule has 6 nitrogen and oxygen atoms in total. The molecule has 2 aromatic heterocycles. The number of ether oxygens (including phenoxy) is 1. The highest BCUT2D eigenvalue weighted by Gasteiger charge is 2.14. The van der Waals surface area contributed by atoms with Crippen LogP contribution in [0.4, 0.5) is 0 Å². The first kappa shape index (κ1) is 17.5. The van der Waals surface area contributed by atoms with Crippen LogP contribution in [-0.2, 0) is 27.4 Å². The van der Waals surface area contributed by atoms with Gasteiger partial charge in [0.25, 0.3) is 5.91 Å². The Balaban J connectivity index is 1.79. The van der Waals surface area contributed by atoms with Gasteiger partial charge >= 0.3 is 5.97 Å². The third kappa shape index (κ3) is 5.07. The first-order valence-electron chi connectivity index (χ1n) is 7.00. The lowest BCUT2D eigenvalue weighted by atomic mass is 10.4. The maximum absolute atomic E-state index is 12.0. The summed E-state index contributed by atoms with van der Waals surface area (Å²) in [5.41, 5.74) is 1.71. The van der Waals surface area contributed by atoms with Crippen LogP contribution in [0.2, 0.25) is 4.34 Å². The van der Waals surface area contributed by atoms with Gasteiger partial charge < -0.3 is 9.64 Å². The van der Waals surface area contributed by atoms with Gasteiger partial charge in [-0.3, -0.25) is 14.3 Å². The number of nitrogens with zero attached hydrogens (tertiary/aromatic N) is 3. The van der Waals surface area contributed by atoms with E-state index in [9.17, 15) is 9.59 Å². The Hall–Kier alpha value is -1.86. The second-order valence-electron chi connectivity index (χ2n) is 5.20. The first-order chi connectivity index (χ1) is 10.8. The van der Waals surface area contributed by atoms with E-state index < -0.39 is 5.97 Å². The van der Waals surface area contributed by atoms with Gasteiger partial charge in [-0.05, 0) is 32.0 Å². The average Bonchev–Trinajstić information content (AvgIpc) is 3.01. The maximum atomic E-state index is 12.0. The summed E-state index contributed by atoms with van der Waals surface area (Å²) in [6, 6.07) is 5.53. The Bertz CT molecular complexity index is 711. The molecule has 2 rings (SSSR count). The number of halogens is 1. The third-order valence-corrected chi connectivity index (χ3v) is 4.40. The van der Waals surface area contributed by atoms with Crippen molar-refractivity contribution in [2.24, 2.45) is 0 Å². The van der Waals surface area contributed by atoms with Gasteiger partial charge in [0.05, 0.1) is 16.6 Å². The summed E-state index contributed by atoms with van der Waals surface area (Å²) >= 11 is 7.27. The fourth-order valence-electron chi connectivity index (χ4n) is 2.01. The SMILES string of the molecule is Cc1cc(C)n(CC(=O)OCC(=O)N(C)Cc2ccc(Cl)s2)n1. The van der Waals surface area contributed by atoms with Crippen molar-refractivity contribution in [2.45, 2.75) is 26.9 Å². The molecule has 0 aromatic carbocycles. The van der Waals surface area contributed by atoms with Crippen molar-refractivity contribution >= 4 is 34.8 Å². The predicted octanol–water partition coefficient (Wildman–Crippen LogP) is 2.42. The number of aromatic nitrogens is 2. The number of hydrogen-bond donors (Lipinski definition) is 0. The molecule has 0 unspecified atom stereocenters. The smallest absolute Gasteiger partial charge is 0.328 e. The van der Waals surface area contributed by atoms with E-state index in [-0.39, 0.29) is 19.1 Å². The van der Waals surface area contributed by atoms with Gasteiger partial charge in [-0.1, -0.05) is 11.6 Å². The molecular weight excluding hydrogens is 338 g/mol. The topological polar surface area (TPSA) is 64.4 Å². The number of likely N-dealkylation sites (N-methyl/N-ethyl adjacent to an activating group) is 1. The minimum absolute atomic E-state index is 0.00278. The zero-order chi connectivity index (χ0) is 17.0. The number of aryl methyl sites for hydroxylation is 2. The van der Waals surface area contributed by atoms with Gasteiger partial charge in [-0.2, -0.15) is 5.10 Å². The summed E-state index contributed by atoms with van der Waals surface area (Å²) in [6.07, 6.45) is 0. The fraction of sp³-hybridized carbons (Fsp3) is 0.400. The van der Waals surface area contributed by atoms with E-state index in [1.165, 1.54) is 16.2 Å². The van der Waals surface area contributed by atoms with E-state index in [1.54, 1.807) is 17.8 Å². The molecule has 0 atom stereocenters. The second kappa shape index (κ2) is 7.61. The third-order valence-electron chi connectivity index (χ3n) is 3.19. The predicted molar refractivity (Wildman–Crippen MR) is 88.5 cm³/mol. The zero-order valence-electron chi connectivity index (χ0n) is 13.2. The Kier molecular flexibility index (Phi) is 5.79. The van der Waals surface area contributed by atoms with Crippen LogP contribution in [0.15, 0.2) is 18.2 Å². The van der Waals surface area contributed by atoms with Gasteiger partial charge in [-0.25, -0.2) is 0 Å².